The lowest BCUT2D eigenvalue weighted by Gasteiger charge is -2.32. The van der Waals surface area contributed by atoms with E-state index in [-0.39, 0.29) is 0 Å². The number of hydrogen-bond acceptors (Lipinski definition) is 4. The van der Waals surface area contributed by atoms with Gasteiger partial charge in [0, 0.05) is 37.3 Å². The van der Waals surface area contributed by atoms with E-state index in [1.165, 1.54) is 36.6 Å². The van der Waals surface area contributed by atoms with Crippen molar-refractivity contribution >= 4 is 10.9 Å². The fourth-order valence-corrected chi connectivity index (χ4v) is 4.78. The van der Waals surface area contributed by atoms with Crippen LogP contribution < -0.4 is 4.74 Å². The van der Waals surface area contributed by atoms with E-state index in [4.69, 9.17) is 4.74 Å². The molecular weight excluding hydrogens is 350 g/mol. The molecule has 1 aliphatic heterocycles. The summed E-state index contributed by atoms with van der Waals surface area (Å²) < 4.78 is 8.95. The van der Waals surface area contributed by atoms with Gasteiger partial charge in [-0.3, -0.25) is 0 Å². The molecule has 1 aliphatic carbocycles. The van der Waals surface area contributed by atoms with Gasteiger partial charge in [0.2, 0.25) is 0 Å². The Bertz CT molecular complexity index is 889. The first-order valence-electron chi connectivity index (χ1n) is 10.7. The molecule has 2 aliphatic rings. The highest BCUT2D eigenvalue weighted by Gasteiger charge is 2.22. The van der Waals surface area contributed by atoms with Crippen molar-refractivity contribution in [2.75, 3.05) is 19.6 Å². The molecule has 1 saturated carbocycles. The van der Waals surface area contributed by atoms with E-state index < -0.39 is 0 Å². The first-order chi connectivity index (χ1) is 13.9. The molecule has 6 nitrogen and oxygen atoms in total. The van der Waals surface area contributed by atoms with Crippen LogP contribution in [0.1, 0.15) is 44.6 Å². The largest absolute Gasteiger partial charge is 0.490 e. The summed E-state index contributed by atoms with van der Waals surface area (Å²) in [7, 11) is 0. The van der Waals surface area contributed by atoms with Gasteiger partial charge in [-0.25, -0.2) is 0 Å². The van der Waals surface area contributed by atoms with E-state index >= 15 is 0 Å². The zero-order chi connectivity index (χ0) is 18.8. The third-order valence-corrected chi connectivity index (χ3v) is 6.35. The summed E-state index contributed by atoms with van der Waals surface area (Å²) in [5, 5.41) is 9.63. The summed E-state index contributed by atoms with van der Waals surface area (Å²) >= 11 is 0. The lowest BCUT2D eigenvalue weighted by molar-refractivity contribution is 0.0984. The Hall–Kier alpha value is -2.34. The summed E-state index contributed by atoms with van der Waals surface area (Å²) in [5.41, 5.74) is 1.33. The third-order valence-electron chi connectivity index (χ3n) is 6.35. The lowest BCUT2D eigenvalue weighted by Crippen LogP contribution is -2.39. The number of ether oxygens (including phenoxy) is 1. The average Bonchev–Trinajstić information content (AvgIpc) is 3.48. The van der Waals surface area contributed by atoms with E-state index in [0.29, 0.717) is 12.1 Å². The lowest BCUT2D eigenvalue weighted by atomic mass is 10.1. The number of likely N-dealkylation sites (tertiary alicyclic amines) is 1. The van der Waals surface area contributed by atoms with Crippen LogP contribution in [0.5, 0.6) is 5.75 Å². The first-order valence-corrected chi connectivity index (χ1v) is 10.7. The van der Waals surface area contributed by atoms with Gasteiger partial charge in [0.05, 0.1) is 24.5 Å². The molecule has 1 aromatic carbocycles. The number of nitrogens with zero attached hydrogens (tertiary/aromatic N) is 5. The number of hydrogen-bond donors (Lipinski definition) is 0. The minimum absolute atomic E-state index is 0.305. The Balaban J connectivity index is 1.20. The van der Waals surface area contributed by atoms with Crippen LogP contribution in [0.25, 0.3) is 10.9 Å². The monoisotopic (exact) mass is 379 g/mol. The summed E-state index contributed by atoms with van der Waals surface area (Å²) in [6.07, 6.45) is 13.5. The van der Waals surface area contributed by atoms with Crippen molar-refractivity contribution in [3.05, 3.63) is 42.9 Å². The SMILES string of the molecule is c1cc(OC2CCN(CCn3nccn3)CC2)c2ccn(C3CCCC3)c2c1. The molecule has 28 heavy (non-hydrogen) atoms. The van der Waals surface area contributed by atoms with Crippen molar-refractivity contribution in [1.29, 1.82) is 0 Å². The van der Waals surface area contributed by atoms with Gasteiger partial charge in [0.1, 0.15) is 11.9 Å². The quantitative estimate of drug-likeness (QED) is 0.652. The molecule has 2 aromatic heterocycles. The molecule has 2 fully saturated rings. The van der Waals surface area contributed by atoms with Gasteiger partial charge >= 0.3 is 0 Å². The van der Waals surface area contributed by atoms with Gasteiger partial charge in [0.25, 0.3) is 0 Å². The molecule has 0 atom stereocenters. The molecule has 3 aromatic rings. The molecular formula is C22H29N5O. The van der Waals surface area contributed by atoms with Crippen LogP contribution in [0, 0.1) is 0 Å². The molecule has 5 rings (SSSR count). The Morgan fingerprint density at radius 3 is 2.50 bits per heavy atom. The second kappa shape index (κ2) is 7.95. The molecule has 0 amide bonds. The summed E-state index contributed by atoms with van der Waals surface area (Å²) in [6.45, 7) is 4.00. The Labute approximate surface area is 166 Å². The number of benzene rings is 1. The summed E-state index contributed by atoms with van der Waals surface area (Å²) in [4.78, 5) is 4.25. The highest BCUT2D eigenvalue weighted by molar-refractivity contribution is 5.86. The fraction of sp³-hybridized carbons (Fsp3) is 0.545. The van der Waals surface area contributed by atoms with Gasteiger partial charge in [-0.1, -0.05) is 18.9 Å². The van der Waals surface area contributed by atoms with E-state index in [1.54, 1.807) is 17.2 Å². The summed E-state index contributed by atoms with van der Waals surface area (Å²) in [5.74, 6) is 1.05. The number of aromatic nitrogens is 4. The predicted octanol–water partition coefficient (Wildman–Crippen LogP) is 3.89. The molecule has 1 saturated heterocycles. The number of fused-ring (bicyclic) bond motifs is 1. The third kappa shape index (κ3) is 3.65. The van der Waals surface area contributed by atoms with Crippen LogP contribution in [0.3, 0.4) is 0 Å². The van der Waals surface area contributed by atoms with Gasteiger partial charge < -0.3 is 14.2 Å². The second-order valence-corrected chi connectivity index (χ2v) is 8.13. The minimum atomic E-state index is 0.305. The molecule has 0 bridgehead atoms. The molecule has 3 heterocycles. The molecule has 0 radical (unpaired) electrons. The van der Waals surface area contributed by atoms with Crippen LogP contribution in [0.2, 0.25) is 0 Å². The van der Waals surface area contributed by atoms with Crippen LogP contribution in [-0.4, -0.2) is 50.2 Å². The van der Waals surface area contributed by atoms with Gasteiger partial charge in [0.15, 0.2) is 0 Å². The van der Waals surface area contributed by atoms with Crippen LogP contribution in [-0.2, 0) is 6.54 Å². The standard InChI is InChI=1S/C22H29N5O/c1-2-5-18(4-1)26-15-10-20-21(26)6-3-7-22(20)28-19-8-13-25(14-9-19)16-17-27-23-11-12-24-27/h3,6-7,10-12,15,18-19H,1-2,4-5,8-9,13-14,16-17H2. The van der Waals surface area contributed by atoms with Gasteiger partial charge in [-0.2, -0.15) is 15.0 Å². The smallest absolute Gasteiger partial charge is 0.129 e. The van der Waals surface area contributed by atoms with Gasteiger partial charge in [-0.05, 0) is 43.9 Å². The molecule has 0 unspecified atom stereocenters. The highest BCUT2D eigenvalue weighted by atomic mass is 16.5. The molecule has 0 N–H and O–H groups in total. The molecule has 0 spiro atoms. The average molecular weight is 380 g/mol. The molecule has 148 valence electrons. The first kappa shape index (κ1) is 17.7. The minimum Gasteiger partial charge on any atom is -0.490 e. The van der Waals surface area contributed by atoms with E-state index in [0.717, 1.165) is 44.8 Å². The number of rotatable bonds is 6. The fourth-order valence-electron chi connectivity index (χ4n) is 4.78. The highest BCUT2D eigenvalue weighted by Crippen LogP contribution is 2.36. The van der Waals surface area contributed by atoms with Crippen molar-refractivity contribution in [1.82, 2.24) is 24.5 Å². The molecule has 6 heteroatoms. The normalized spacial score (nSPS) is 19.6. The van der Waals surface area contributed by atoms with Crippen molar-refractivity contribution in [2.24, 2.45) is 0 Å². The second-order valence-electron chi connectivity index (χ2n) is 8.13. The maximum Gasteiger partial charge on any atom is 0.129 e. The Kier molecular flexibility index (Phi) is 5.04. The zero-order valence-corrected chi connectivity index (χ0v) is 16.4. The Morgan fingerprint density at radius 1 is 0.929 bits per heavy atom. The predicted molar refractivity (Wildman–Crippen MR) is 110 cm³/mol. The summed E-state index contributed by atoms with van der Waals surface area (Å²) in [6, 6.07) is 9.44. The van der Waals surface area contributed by atoms with Gasteiger partial charge in [-0.15, -0.1) is 0 Å². The van der Waals surface area contributed by atoms with Crippen LogP contribution in [0.15, 0.2) is 42.9 Å². The topological polar surface area (TPSA) is 48.1 Å². The van der Waals surface area contributed by atoms with E-state index in [2.05, 4.69) is 50.1 Å². The maximum absolute atomic E-state index is 6.47. The van der Waals surface area contributed by atoms with Crippen LogP contribution in [0.4, 0.5) is 0 Å². The van der Waals surface area contributed by atoms with Crippen molar-refractivity contribution in [2.45, 2.75) is 57.2 Å². The van der Waals surface area contributed by atoms with Crippen LogP contribution >= 0.6 is 0 Å². The van der Waals surface area contributed by atoms with E-state index in [1.807, 2.05) is 0 Å². The van der Waals surface area contributed by atoms with Crippen molar-refractivity contribution in [3.8, 4) is 5.75 Å². The zero-order valence-electron chi connectivity index (χ0n) is 16.4. The van der Waals surface area contributed by atoms with E-state index in [9.17, 15) is 0 Å². The van der Waals surface area contributed by atoms with Crippen molar-refractivity contribution < 1.29 is 4.74 Å². The number of piperidine rings is 1. The van der Waals surface area contributed by atoms with Crippen molar-refractivity contribution in [3.63, 3.8) is 0 Å². The maximum atomic E-state index is 6.47. The Morgan fingerprint density at radius 2 is 1.71 bits per heavy atom.